The third-order valence-corrected chi connectivity index (χ3v) is 3.08. The number of aromatic amines is 1. The Labute approximate surface area is 117 Å². The van der Waals surface area contributed by atoms with E-state index in [0.29, 0.717) is 6.42 Å². The molecule has 19 heavy (non-hydrogen) atoms. The van der Waals surface area contributed by atoms with Crippen LogP contribution in [0.15, 0.2) is 42.9 Å². The van der Waals surface area contributed by atoms with E-state index in [1.807, 2.05) is 30.3 Å². The zero-order valence-corrected chi connectivity index (χ0v) is 11.2. The van der Waals surface area contributed by atoms with Gasteiger partial charge in [-0.1, -0.05) is 30.3 Å². The number of imidazole rings is 1. The quantitative estimate of drug-likeness (QED) is 0.793. The van der Waals surface area contributed by atoms with Crippen molar-refractivity contribution < 1.29 is 4.79 Å². The third-order valence-electron chi connectivity index (χ3n) is 2.83. The normalized spacial score (nSPS) is 12.1. The summed E-state index contributed by atoms with van der Waals surface area (Å²) in [5.41, 5.74) is 2.18. The van der Waals surface area contributed by atoms with Gasteiger partial charge in [-0.2, -0.15) is 0 Å². The predicted molar refractivity (Wildman–Crippen MR) is 75.1 cm³/mol. The van der Waals surface area contributed by atoms with Gasteiger partial charge in [-0.3, -0.25) is 4.79 Å². The first-order valence-corrected chi connectivity index (χ1v) is 6.68. The Bertz CT molecular complexity index is 499. The summed E-state index contributed by atoms with van der Waals surface area (Å²) in [7, 11) is 0. The van der Waals surface area contributed by atoms with Crippen LogP contribution in [-0.2, 0) is 17.6 Å². The zero-order valence-electron chi connectivity index (χ0n) is 10.5. The molecular formula is C14H16ClN3O. The molecule has 1 unspecified atom stereocenters. The number of carbonyl (C=O) groups is 1. The lowest BCUT2D eigenvalue weighted by atomic mass is 10.0. The molecule has 1 amide bonds. The van der Waals surface area contributed by atoms with Gasteiger partial charge in [-0.05, 0) is 12.0 Å². The van der Waals surface area contributed by atoms with Crippen LogP contribution in [0.1, 0.15) is 11.3 Å². The van der Waals surface area contributed by atoms with Crippen molar-refractivity contribution >= 4 is 17.5 Å². The van der Waals surface area contributed by atoms with Gasteiger partial charge in [0.1, 0.15) is 5.88 Å². The van der Waals surface area contributed by atoms with Crippen LogP contribution >= 0.6 is 11.6 Å². The number of hydrogen-bond donors (Lipinski definition) is 2. The number of benzene rings is 1. The Morgan fingerprint density at radius 2 is 2.11 bits per heavy atom. The van der Waals surface area contributed by atoms with Crippen molar-refractivity contribution in [2.45, 2.75) is 18.9 Å². The number of nitrogens with zero attached hydrogens (tertiary/aromatic N) is 1. The molecule has 1 atom stereocenters. The summed E-state index contributed by atoms with van der Waals surface area (Å²) < 4.78 is 0. The molecule has 1 aromatic heterocycles. The first kappa shape index (κ1) is 13.6. The average Bonchev–Trinajstić information content (AvgIpc) is 2.92. The van der Waals surface area contributed by atoms with E-state index in [9.17, 15) is 4.79 Å². The van der Waals surface area contributed by atoms with Crippen molar-refractivity contribution in [1.82, 2.24) is 15.3 Å². The van der Waals surface area contributed by atoms with Crippen molar-refractivity contribution in [3.8, 4) is 0 Å². The maximum Gasteiger partial charge on any atom is 0.235 e. The molecule has 2 aromatic rings. The van der Waals surface area contributed by atoms with Gasteiger partial charge >= 0.3 is 0 Å². The highest BCUT2D eigenvalue weighted by atomic mass is 35.5. The van der Waals surface area contributed by atoms with Crippen LogP contribution < -0.4 is 5.32 Å². The van der Waals surface area contributed by atoms with E-state index in [2.05, 4.69) is 15.3 Å². The number of amides is 1. The molecule has 0 radical (unpaired) electrons. The zero-order chi connectivity index (χ0) is 13.5. The van der Waals surface area contributed by atoms with Crippen molar-refractivity contribution in [1.29, 1.82) is 0 Å². The second-order valence-electron chi connectivity index (χ2n) is 4.37. The average molecular weight is 278 g/mol. The number of nitrogens with one attached hydrogen (secondary N) is 2. The molecule has 0 bridgehead atoms. The standard InChI is InChI=1S/C14H16ClN3O/c15-8-14(19)18-12(7-13-9-16-10-17-13)6-11-4-2-1-3-5-11/h1-5,9-10,12H,6-8H2,(H,16,17)(H,18,19). The molecule has 5 heteroatoms. The van der Waals surface area contributed by atoms with Crippen LogP contribution in [0.3, 0.4) is 0 Å². The maximum absolute atomic E-state index is 11.5. The highest BCUT2D eigenvalue weighted by Crippen LogP contribution is 2.07. The van der Waals surface area contributed by atoms with Crippen LogP contribution in [0.5, 0.6) is 0 Å². The summed E-state index contributed by atoms with van der Waals surface area (Å²) in [4.78, 5) is 18.5. The largest absolute Gasteiger partial charge is 0.352 e. The predicted octanol–water partition coefficient (Wildman–Crippen LogP) is 1.92. The first-order chi connectivity index (χ1) is 9.28. The van der Waals surface area contributed by atoms with Gasteiger partial charge in [0.05, 0.1) is 6.33 Å². The van der Waals surface area contributed by atoms with Crippen LogP contribution in [-0.4, -0.2) is 27.8 Å². The van der Waals surface area contributed by atoms with Crippen LogP contribution in [0.4, 0.5) is 0 Å². The van der Waals surface area contributed by atoms with Gasteiger partial charge in [-0.15, -0.1) is 11.6 Å². The van der Waals surface area contributed by atoms with Crippen LogP contribution in [0.25, 0.3) is 0 Å². The molecule has 2 N–H and O–H groups in total. The van der Waals surface area contributed by atoms with E-state index in [1.165, 1.54) is 5.56 Å². The Morgan fingerprint density at radius 1 is 1.32 bits per heavy atom. The summed E-state index contributed by atoms with van der Waals surface area (Å²) in [5.74, 6) is -0.170. The number of halogens is 1. The minimum absolute atomic E-state index is 0.00843. The van der Waals surface area contributed by atoms with E-state index >= 15 is 0 Å². The summed E-state index contributed by atoms with van der Waals surface area (Å²) in [5, 5.41) is 2.93. The Morgan fingerprint density at radius 3 is 2.74 bits per heavy atom. The fourth-order valence-electron chi connectivity index (χ4n) is 2.00. The minimum atomic E-state index is -0.151. The fraction of sp³-hybridized carbons (Fsp3) is 0.286. The lowest BCUT2D eigenvalue weighted by Gasteiger charge is -2.17. The molecule has 0 aliphatic rings. The molecule has 0 saturated carbocycles. The first-order valence-electron chi connectivity index (χ1n) is 6.14. The van der Waals surface area contributed by atoms with Crippen molar-refractivity contribution in [3.05, 3.63) is 54.1 Å². The molecule has 1 aromatic carbocycles. The van der Waals surface area contributed by atoms with Gasteiger partial charge < -0.3 is 10.3 Å². The summed E-state index contributed by atoms with van der Waals surface area (Å²) in [6.45, 7) is 0. The summed E-state index contributed by atoms with van der Waals surface area (Å²) >= 11 is 5.55. The van der Waals surface area contributed by atoms with E-state index in [4.69, 9.17) is 11.6 Å². The summed E-state index contributed by atoms with van der Waals surface area (Å²) in [6.07, 6.45) is 4.88. The number of H-pyrrole nitrogens is 1. The highest BCUT2D eigenvalue weighted by Gasteiger charge is 2.14. The molecule has 0 aliphatic heterocycles. The van der Waals surface area contributed by atoms with Gasteiger partial charge in [0.2, 0.25) is 5.91 Å². The molecule has 0 spiro atoms. The van der Waals surface area contributed by atoms with E-state index < -0.39 is 0 Å². The third kappa shape index (κ3) is 4.41. The topological polar surface area (TPSA) is 57.8 Å². The van der Waals surface area contributed by atoms with Crippen molar-refractivity contribution in [2.75, 3.05) is 5.88 Å². The molecular weight excluding hydrogens is 262 g/mol. The number of carbonyl (C=O) groups excluding carboxylic acids is 1. The Kier molecular flexibility index (Phi) is 4.98. The number of hydrogen-bond acceptors (Lipinski definition) is 2. The minimum Gasteiger partial charge on any atom is -0.352 e. The monoisotopic (exact) mass is 277 g/mol. The molecule has 1 heterocycles. The fourth-order valence-corrected chi connectivity index (χ4v) is 2.08. The lowest BCUT2D eigenvalue weighted by molar-refractivity contribution is -0.119. The van der Waals surface area contributed by atoms with Gasteiger partial charge in [-0.25, -0.2) is 4.98 Å². The highest BCUT2D eigenvalue weighted by molar-refractivity contribution is 6.27. The maximum atomic E-state index is 11.5. The van der Waals surface area contributed by atoms with Crippen molar-refractivity contribution in [2.24, 2.45) is 0 Å². The summed E-state index contributed by atoms with van der Waals surface area (Å²) in [6, 6.07) is 10.1. The van der Waals surface area contributed by atoms with Crippen LogP contribution in [0, 0.1) is 0 Å². The lowest BCUT2D eigenvalue weighted by Crippen LogP contribution is -2.38. The van der Waals surface area contributed by atoms with Gasteiger partial charge in [0.25, 0.3) is 0 Å². The smallest absolute Gasteiger partial charge is 0.235 e. The molecule has 2 rings (SSSR count). The molecule has 0 fully saturated rings. The Balaban J connectivity index is 2.03. The molecule has 0 saturated heterocycles. The second-order valence-corrected chi connectivity index (χ2v) is 4.64. The van der Waals surface area contributed by atoms with E-state index in [0.717, 1.165) is 12.1 Å². The van der Waals surface area contributed by atoms with E-state index in [-0.39, 0.29) is 17.8 Å². The number of alkyl halides is 1. The molecule has 100 valence electrons. The van der Waals surface area contributed by atoms with Gasteiger partial charge in [0.15, 0.2) is 0 Å². The molecule has 0 aliphatic carbocycles. The number of rotatable bonds is 6. The van der Waals surface area contributed by atoms with Crippen molar-refractivity contribution in [3.63, 3.8) is 0 Å². The van der Waals surface area contributed by atoms with Crippen LogP contribution in [0.2, 0.25) is 0 Å². The molecule has 4 nitrogen and oxygen atoms in total. The second kappa shape index (κ2) is 6.95. The number of aromatic nitrogens is 2. The van der Waals surface area contributed by atoms with Gasteiger partial charge in [0, 0.05) is 24.4 Å². The SMILES string of the molecule is O=C(CCl)NC(Cc1ccccc1)Cc1cnc[nH]1. The Hall–Kier alpha value is -1.81. The van der Waals surface area contributed by atoms with E-state index in [1.54, 1.807) is 12.5 Å².